The number of unbranched alkanes of at least 4 members (excludes halogenated alkanes) is 13. The zero-order valence-electron chi connectivity index (χ0n) is 24.7. The average Bonchev–Trinajstić information content (AvgIpc) is 3.17. The number of amides is 1. The molecule has 1 fully saturated rings. The van der Waals surface area contributed by atoms with Gasteiger partial charge in [-0.3, -0.25) is 20.3 Å². The van der Waals surface area contributed by atoms with E-state index in [1.807, 2.05) is 5.32 Å². The van der Waals surface area contributed by atoms with E-state index >= 15 is 0 Å². The number of rotatable bonds is 20. The minimum absolute atomic E-state index is 0.191. The van der Waals surface area contributed by atoms with Gasteiger partial charge in [0, 0.05) is 20.0 Å². The van der Waals surface area contributed by atoms with Gasteiger partial charge in [0.15, 0.2) is 30.1 Å². The molecule has 0 aromatic rings. The first-order valence-corrected chi connectivity index (χ1v) is 14.8. The highest BCUT2D eigenvalue weighted by Gasteiger charge is 2.47. The SMILES string of the molecule is CCCCCCCCCCCCCCCCOC(=O)NC(=N)/C(F)=C\NC1OC(C)C(OC(C)=O)C1OC(C)=O. The van der Waals surface area contributed by atoms with Gasteiger partial charge in [0.2, 0.25) is 0 Å². The quantitative estimate of drug-likeness (QED) is 0.0518. The molecule has 0 aromatic heterocycles. The highest BCUT2D eigenvalue weighted by Crippen LogP contribution is 2.26. The molecule has 40 heavy (non-hydrogen) atoms. The van der Waals surface area contributed by atoms with Crippen molar-refractivity contribution in [1.82, 2.24) is 10.6 Å². The fourth-order valence-corrected chi connectivity index (χ4v) is 4.52. The summed E-state index contributed by atoms with van der Waals surface area (Å²) in [6.07, 6.45) is 13.4. The molecule has 230 valence electrons. The van der Waals surface area contributed by atoms with Crippen molar-refractivity contribution in [2.24, 2.45) is 0 Å². The van der Waals surface area contributed by atoms with Gasteiger partial charge in [-0.15, -0.1) is 0 Å². The fourth-order valence-electron chi connectivity index (χ4n) is 4.52. The lowest BCUT2D eigenvalue weighted by Crippen LogP contribution is -2.43. The van der Waals surface area contributed by atoms with Crippen molar-refractivity contribution < 1.29 is 37.7 Å². The number of hydrogen-bond donors (Lipinski definition) is 3. The summed E-state index contributed by atoms with van der Waals surface area (Å²) in [5, 5.41) is 12.3. The Kier molecular flexibility index (Phi) is 18.6. The molecule has 3 N–H and O–H groups in total. The largest absolute Gasteiger partial charge is 0.456 e. The van der Waals surface area contributed by atoms with Crippen LogP contribution >= 0.6 is 0 Å². The van der Waals surface area contributed by atoms with Crippen molar-refractivity contribution in [1.29, 1.82) is 5.41 Å². The molecule has 1 heterocycles. The monoisotopic (exact) mass is 571 g/mol. The Morgan fingerprint density at radius 3 is 1.80 bits per heavy atom. The van der Waals surface area contributed by atoms with Gasteiger partial charge in [0.05, 0.1) is 12.7 Å². The van der Waals surface area contributed by atoms with Crippen LogP contribution in [0.15, 0.2) is 12.0 Å². The molecule has 0 aliphatic carbocycles. The zero-order chi connectivity index (χ0) is 29.8. The molecule has 0 radical (unpaired) electrons. The lowest BCUT2D eigenvalue weighted by Gasteiger charge is -2.22. The predicted octanol–water partition coefficient (Wildman–Crippen LogP) is 6.18. The first kappa shape index (κ1) is 35.3. The summed E-state index contributed by atoms with van der Waals surface area (Å²) in [5.41, 5.74) is 0. The molecule has 1 rings (SSSR count). The Balaban J connectivity index is 2.19. The molecule has 10 nitrogen and oxygen atoms in total. The molecule has 0 bridgehead atoms. The fraction of sp³-hybridized carbons (Fsp3) is 0.793. The van der Waals surface area contributed by atoms with Crippen molar-refractivity contribution in [3.05, 3.63) is 12.0 Å². The van der Waals surface area contributed by atoms with E-state index in [0.717, 1.165) is 19.0 Å². The van der Waals surface area contributed by atoms with Crippen LogP contribution in [0.5, 0.6) is 0 Å². The molecule has 0 aromatic carbocycles. The maximum atomic E-state index is 14.4. The first-order chi connectivity index (χ1) is 19.1. The normalized spacial score (nSPS) is 20.6. The molecular formula is C29H50FN3O7. The standard InChI is InChI=1S/C29H50FN3O7/c1-5-6-7-8-9-10-11-12-13-14-15-16-17-18-19-37-29(36)33-27(31)24(30)20-32-28-26(40-23(4)35)25(21(2)38-28)39-22(3)34/h20-21,25-26,28,32H,5-19H2,1-4H3,(H2,31,33,36)/b24-20+. The molecule has 4 atom stereocenters. The maximum absolute atomic E-state index is 14.4. The van der Waals surface area contributed by atoms with E-state index in [2.05, 4.69) is 12.2 Å². The van der Waals surface area contributed by atoms with E-state index in [1.54, 1.807) is 6.92 Å². The van der Waals surface area contributed by atoms with Gasteiger partial charge in [-0.05, 0) is 13.3 Å². The number of esters is 2. The van der Waals surface area contributed by atoms with Crippen LogP contribution in [0.25, 0.3) is 0 Å². The Hall–Kier alpha value is -2.69. The first-order valence-electron chi connectivity index (χ1n) is 14.8. The van der Waals surface area contributed by atoms with Gasteiger partial charge in [-0.2, -0.15) is 0 Å². The Labute approximate surface area is 238 Å². The summed E-state index contributed by atoms with van der Waals surface area (Å²) in [6.45, 7) is 6.44. The van der Waals surface area contributed by atoms with Crippen molar-refractivity contribution >= 4 is 23.9 Å². The maximum Gasteiger partial charge on any atom is 0.412 e. The minimum Gasteiger partial charge on any atom is -0.456 e. The van der Waals surface area contributed by atoms with Crippen LogP contribution in [-0.2, 0) is 28.5 Å². The molecular weight excluding hydrogens is 521 g/mol. The van der Waals surface area contributed by atoms with Crippen molar-refractivity contribution in [2.75, 3.05) is 6.61 Å². The highest BCUT2D eigenvalue weighted by atomic mass is 19.1. The molecule has 1 aliphatic rings. The Morgan fingerprint density at radius 1 is 0.825 bits per heavy atom. The van der Waals surface area contributed by atoms with Crippen LogP contribution < -0.4 is 10.6 Å². The van der Waals surface area contributed by atoms with E-state index in [-0.39, 0.29) is 6.61 Å². The Bertz CT molecular complexity index is 808. The highest BCUT2D eigenvalue weighted by molar-refractivity contribution is 6.02. The van der Waals surface area contributed by atoms with Gasteiger partial charge >= 0.3 is 18.0 Å². The third kappa shape index (κ3) is 15.8. The molecule has 0 saturated carbocycles. The van der Waals surface area contributed by atoms with E-state index in [0.29, 0.717) is 6.42 Å². The summed E-state index contributed by atoms with van der Waals surface area (Å²) in [7, 11) is 0. The number of halogens is 1. The minimum atomic E-state index is -1.10. The van der Waals surface area contributed by atoms with Crippen molar-refractivity contribution in [3.8, 4) is 0 Å². The van der Waals surface area contributed by atoms with Gasteiger partial charge in [0.1, 0.15) is 0 Å². The lowest BCUT2D eigenvalue weighted by molar-refractivity contribution is -0.164. The van der Waals surface area contributed by atoms with Gasteiger partial charge in [0.25, 0.3) is 0 Å². The summed E-state index contributed by atoms with van der Waals surface area (Å²) in [6, 6.07) is 0. The predicted molar refractivity (Wildman–Crippen MR) is 150 cm³/mol. The number of amidine groups is 1. The van der Waals surface area contributed by atoms with Gasteiger partial charge in [-0.1, -0.05) is 90.4 Å². The summed E-state index contributed by atoms with van der Waals surface area (Å²) in [4.78, 5) is 34.7. The Morgan fingerprint density at radius 2 is 1.30 bits per heavy atom. The average molecular weight is 572 g/mol. The number of hydrogen-bond acceptors (Lipinski definition) is 9. The zero-order valence-corrected chi connectivity index (χ0v) is 24.7. The van der Waals surface area contributed by atoms with Crippen LogP contribution in [-0.4, -0.2) is 55.0 Å². The summed E-state index contributed by atoms with van der Waals surface area (Å²) in [5.74, 6) is -3.11. The topological polar surface area (TPSA) is 136 Å². The number of carbonyl (C=O) groups excluding carboxylic acids is 3. The van der Waals surface area contributed by atoms with Crippen LogP contribution in [0.2, 0.25) is 0 Å². The summed E-state index contributed by atoms with van der Waals surface area (Å²) >= 11 is 0. The van der Waals surface area contributed by atoms with Crippen LogP contribution in [0.4, 0.5) is 9.18 Å². The molecule has 1 saturated heterocycles. The van der Waals surface area contributed by atoms with E-state index < -0.39 is 54.2 Å². The van der Waals surface area contributed by atoms with Crippen LogP contribution in [0.3, 0.4) is 0 Å². The number of alkyl carbamates (subject to hydrolysis) is 1. The smallest absolute Gasteiger partial charge is 0.412 e. The summed E-state index contributed by atoms with van der Waals surface area (Å²) < 4.78 is 35.3. The van der Waals surface area contributed by atoms with Crippen LogP contribution in [0.1, 0.15) is 118 Å². The van der Waals surface area contributed by atoms with Crippen molar-refractivity contribution in [3.63, 3.8) is 0 Å². The molecule has 1 aliphatic heterocycles. The second-order valence-corrected chi connectivity index (χ2v) is 10.3. The van der Waals surface area contributed by atoms with Crippen molar-refractivity contribution in [2.45, 2.75) is 142 Å². The van der Waals surface area contributed by atoms with E-state index in [1.165, 1.54) is 84.5 Å². The third-order valence-electron chi connectivity index (χ3n) is 6.62. The lowest BCUT2D eigenvalue weighted by atomic mass is 10.0. The third-order valence-corrected chi connectivity index (χ3v) is 6.62. The van der Waals surface area contributed by atoms with E-state index in [9.17, 15) is 18.8 Å². The van der Waals surface area contributed by atoms with Gasteiger partial charge in [-0.25, -0.2) is 9.18 Å². The van der Waals surface area contributed by atoms with Crippen LogP contribution in [0, 0.1) is 5.41 Å². The molecule has 4 unspecified atom stereocenters. The number of carbonyl (C=O) groups is 3. The van der Waals surface area contributed by atoms with E-state index in [4.69, 9.17) is 24.4 Å². The molecule has 1 amide bonds. The molecule has 11 heteroatoms. The second kappa shape index (κ2) is 21.1. The number of ether oxygens (including phenoxy) is 4. The number of nitrogens with one attached hydrogen (secondary N) is 3. The van der Waals surface area contributed by atoms with Gasteiger partial charge < -0.3 is 24.3 Å². The molecule has 0 spiro atoms. The second-order valence-electron chi connectivity index (χ2n) is 10.3.